The second-order valence-corrected chi connectivity index (χ2v) is 14.5. The number of thiophene rings is 1. The zero-order valence-electron chi connectivity index (χ0n) is 27.6. The molecule has 2 atom stereocenters. The number of carbonyl (C=O) groups excluding carboxylic acids is 3. The number of ether oxygens (including phenoxy) is 2. The fourth-order valence-corrected chi connectivity index (χ4v) is 8.80. The number of carbonyl (C=O) groups is 3. The van der Waals surface area contributed by atoms with Crippen molar-refractivity contribution in [3.63, 3.8) is 0 Å². The molecule has 10 heteroatoms. The largest absolute Gasteiger partial charge is 0.488 e. The summed E-state index contributed by atoms with van der Waals surface area (Å²) in [6, 6.07) is 32.8. The van der Waals surface area contributed by atoms with Crippen LogP contribution < -0.4 is 19.3 Å². The van der Waals surface area contributed by atoms with Crippen molar-refractivity contribution in [2.24, 2.45) is 0 Å². The van der Waals surface area contributed by atoms with E-state index in [4.69, 9.17) is 32.7 Å². The van der Waals surface area contributed by atoms with Gasteiger partial charge in [-0.05, 0) is 39.6 Å². The van der Waals surface area contributed by atoms with Crippen LogP contribution in [0.25, 0.3) is 21.5 Å². The summed E-state index contributed by atoms with van der Waals surface area (Å²) in [5, 5.41) is 3.63. The van der Waals surface area contributed by atoms with Gasteiger partial charge in [-0.15, -0.1) is 34.5 Å². The van der Waals surface area contributed by atoms with Crippen molar-refractivity contribution in [1.29, 1.82) is 0 Å². The number of rotatable bonds is 8. The minimum absolute atomic E-state index is 0.0745. The first kappa shape index (κ1) is 33.3. The zero-order chi connectivity index (χ0) is 35.2. The van der Waals surface area contributed by atoms with E-state index in [1.807, 2.05) is 78.9 Å². The maximum atomic E-state index is 14.3. The molecule has 0 saturated carbocycles. The summed E-state index contributed by atoms with van der Waals surface area (Å²) in [4.78, 5) is 44.8. The molecular weight excluding hydrogens is 703 g/mol. The second kappa shape index (κ2) is 13.7. The Morgan fingerprint density at radius 1 is 0.667 bits per heavy atom. The van der Waals surface area contributed by atoms with Gasteiger partial charge in [0.25, 0.3) is 11.8 Å². The van der Waals surface area contributed by atoms with Gasteiger partial charge in [0, 0.05) is 66.5 Å². The molecule has 2 aliphatic rings. The van der Waals surface area contributed by atoms with E-state index >= 15 is 0 Å². The van der Waals surface area contributed by atoms with Crippen molar-refractivity contribution in [3.8, 4) is 11.5 Å². The van der Waals surface area contributed by atoms with Crippen LogP contribution in [-0.4, -0.2) is 42.6 Å². The predicted octanol–water partition coefficient (Wildman–Crippen LogP) is 9.52. The van der Waals surface area contributed by atoms with E-state index in [0.717, 1.165) is 55.3 Å². The molecule has 2 amide bonds. The maximum absolute atomic E-state index is 14.3. The molecule has 0 aliphatic carbocycles. The summed E-state index contributed by atoms with van der Waals surface area (Å²) in [5.74, 6) is 0.621. The normalized spacial score (nSPS) is 16.4. The zero-order valence-corrected chi connectivity index (χ0v) is 29.9. The molecular formula is C41H32Cl2N2O5S. The van der Waals surface area contributed by atoms with Gasteiger partial charge in [0.05, 0.1) is 21.1 Å². The first-order valence-corrected chi connectivity index (χ1v) is 18.6. The van der Waals surface area contributed by atoms with Crippen LogP contribution in [0.5, 0.6) is 11.5 Å². The summed E-state index contributed by atoms with van der Waals surface area (Å²) >= 11 is 14.2. The molecule has 0 radical (unpaired) electrons. The van der Waals surface area contributed by atoms with E-state index in [-0.39, 0.29) is 23.7 Å². The quantitative estimate of drug-likeness (QED) is 0.0885. The molecule has 7 nitrogen and oxygen atoms in total. The topological polar surface area (TPSA) is 76.2 Å². The van der Waals surface area contributed by atoms with Crippen LogP contribution in [0.2, 0.25) is 0 Å². The Hall–Kier alpha value is -4.89. The highest BCUT2D eigenvalue weighted by Gasteiger charge is 2.38. The van der Waals surface area contributed by atoms with Crippen LogP contribution in [0.15, 0.2) is 103 Å². The fraction of sp³-hybridized carbons (Fsp3) is 0.195. The standard InChI is InChI=1S/C41H32Cl2N2O5S/c1-24(46)50-35-18-33-39(31-14-8-6-12-29(31)35)27(20-43)22-45(33)41(48)37-16-15-36(51-37)40(47)44-21-26(19-42)38-30-13-7-5-11-28(30)34(17-32(38)44)49-23-25-9-3-2-4-10-25/h2-18,26-27H,19-23H2,1H3/t26-,27-/m1/s1. The van der Waals surface area contributed by atoms with Gasteiger partial charge < -0.3 is 19.3 Å². The van der Waals surface area contributed by atoms with Gasteiger partial charge in [0.15, 0.2) is 0 Å². The first-order valence-electron chi connectivity index (χ1n) is 16.7. The van der Waals surface area contributed by atoms with E-state index in [9.17, 15) is 14.4 Å². The molecule has 0 unspecified atom stereocenters. The van der Waals surface area contributed by atoms with E-state index in [1.165, 1.54) is 6.92 Å². The Bertz CT molecular complexity index is 2340. The summed E-state index contributed by atoms with van der Waals surface area (Å²) in [5.41, 5.74) is 4.41. The highest BCUT2D eigenvalue weighted by Crippen LogP contribution is 2.48. The van der Waals surface area contributed by atoms with Crippen molar-refractivity contribution < 1.29 is 23.9 Å². The number of hydrogen-bond donors (Lipinski definition) is 0. The second-order valence-electron chi connectivity index (χ2n) is 12.8. The van der Waals surface area contributed by atoms with Gasteiger partial charge in [-0.25, -0.2) is 0 Å². The lowest BCUT2D eigenvalue weighted by molar-refractivity contribution is -0.131. The molecule has 0 saturated heterocycles. The van der Waals surface area contributed by atoms with Crippen LogP contribution in [0.1, 0.15) is 54.8 Å². The third-order valence-electron chi connectivity index (χ3n) is 9.64. The molecule has 256 valence electrons. The maximum Gasteiger partial charge on any atom is 0.308 e. The van der Waals surface area contributed by atoms with Crippen molar-refractivity contribution in [1.82, 2.24) is 0 Å². The van der Waals surface area contributed by atoms with Crippen molar-refractivity contribution in [2.45, 2.75) is 25.4 Å². The van der Waals surface area contributed by atoms with E-state index in [1.54, 1.807) is 28.0 Å². The Morgan fingerprint density at radius 3 is 1.65 bits per heavy atom. The molecule has 2 aliphatic heterocycles. The number of benzene rings is 5. The fourth-order valence-electron chi connectivity index (χ4n) is 7.39. The molecule has 0 bridgehead atoms. The lowest BCUT2D eigenvalue weighted by atomic mass is 9.95. The van der Waals surface area contributed by atoms with Crippen LogP contribution >= 0.6 is 34.5 Å². The van der Waals surface area contributed by atoms with Crippen molar-refractivity contribution in [2.75, 3.05) is 34.6 Å². The Morgan fingerprint density at radius 2 is 1.14 bits per heavy atom. The number of hydrogen-bond acceptors (Lipinski definition) is 6. The first-order chi connectivity index (χ1) is 24.9. The molecule has 0 spiro atoms. The number of nitrogens with zero attached hydrogens (tertiary/aromatic N) is 2. The van der Waals surface area contributed by atoms with Gasteiger partial charge in [0.2, 0.25) is 0 Å². The molecule has 5 aromatic carbocycles. The predicted molar refractivity (Wildman–Crippen MR) is 205 cm³/mol. The summed E-state index contributed by atoms with van der Waals surface area (Å²) in [6.45, 7) is 2.51. The highest BCUT2D eigenvalue weighted by molar-refractivity contribution is 7.16. The summed E-state index contributed by atoms with van der Waals surface area (Å²) in [7, 11) is 0. The Kier molecular flexibility index (Phi) is 8.92. The minimum Gasteiger partial charge on any atom is -0.488 e. The van der Waals surface area contributed by atoms with Gasteiger partial charge in [-0.1, -0.05) is 78.9 Å². The van der Waals surface area contributed by atoms with Crippen LogP contribution in [0.3, 0.4) is 0 Å². The summed E-state index contributed by atoms with van der Waals surface area (Å²) in [6.07, 6.45) is 0. The molecule has 1 aromatic heterocycles. The van der Waals surface area contributed by atoms with Crippen LogP contribution in [-0.2, 0) is 11.4 Å². The van der Waals surface area contributed by atoms with E-state index < -0.39 is 5.97 Å². The monoisotopic (exact) mass is 734 g/mol. The van der Waals surface area contributed by atoms with E-state index in [0.29, 0.717) is 58.4 Å². The van der Waals surface area contributed by atoms with Gasteiger partial charge in [-0.2, -0.15) is 0 Å². The third-order valence-corrected chi connectivity index (χ3v) is 11.4. The van der Waals surface area contributed by atoms with Crippen molar-refractivity contribution in [3.05, 3.63) is 130 Å². The average Bonchev–Trinajstić information content (AvgIpc) is 3.90. The van der Waals surface area contributed by atoms with Crippen molar-refractivity contribution >= 4 is 85.2 Å². The number of amides is 2. The SMILES string of the molecule is CC(=O)Oc1cc2c(c3ccccc13)[C@H](CCl)CN2C(=O)c1ccc(C(=O)N2C[C@@H](CCl)c3c2cc(OCc2ccccc2)c2ccccc32)s1. The number of esters is 1. The summed E-state index contributed by atoms with van der Waals surface area (Å²) < 4.78 is 12.0. The van der Waals surface area contributed by atoms with Gasteiger partial charge in [-0.3, -0.25) is 14.4 Å². The molecule has 8 rings (SSSR count). The average molecular weight is 736 g/mol. The Balaban J connectivity index is 1.12. The number of anilines is 2. The molecule has 0 fully saturated rings. The van der Waals surface area contributed by atoms with Crippen LogP contribution in [0.4, 0.5) is 11.4 Å². The lowest BCUT2D eigenvalue weighted by Crippen LogP contribution is -2.30. The smallest absolute Gasteiger partial charge is 0.308 e. The minimum atomic E-state index is -0.450. The van der Waals surface area contributed by atoms with Gasteiger partial charge >= 0.3 is 5.97 Å². The molecule has 0 N–H and O–H groups in total. The molecule has 3 heterocycles. The third kappa shape index (κ3) is 5.91. The Labute approximate surface area is 308 Å². The highest BCUT2D eigenvalue weighted by atomic mass is 35.5. The number of halogens is 2. The molecule has 51 heavy (non-hydrogen) atoms. The lowest BCUT2D eigenvalue weighted by Gasteiger charge is -2.19. The number of fused-ring (bicyclic) bond motifs is 6. The number of alkyl halides is 2. The molecule has 6 aromatic rings. The van der Waals surface area contributed by atoms with Crippen LogP contribution in [0, 0.1) is 0 Å². The van der Waals surface area contributed by atoms with E-state index in [2.05, 4.69) is 6.07 Å². The van der Waals surface area contributed by atoms with Gasteiger partial charge in [0.1, 0.15) is 18.1 Å².